The number of aromatic nitrogens is 2. The second-order valence-electron chi connectivity index (χ2n) is 5.75. The van der Waals surface area contributed by atoms with Crippen LogP contribution in [0, 0.1) is 5.92 Å². The second-order valence-corrected chi connectivity index (χ2v) is 5.75. The zero-order valence-corrected chi connectivity index (χ0v) is 11.7. The van der Waals surface area contributed by atoms with Crippen LogP contribution in [-0.4, -0.2) is 34.3 Å². The average Bonchev–Trinajstić information content (AvgIpc) is 2.76. The lowest BCUT2D eigenvalue weighted by Gasteiger charge is -2.33. The third-order valence-corrected chi connectivity index (χ3v) is 4.17. The van der Waals surface area contributed by atoms with Gasteiger partial charge in [-0.15, -0.1) is 0 Å². The first-order chi connectivity index (χ1) is 8.65. The van der Waals surface area contributed by atoms with E-state index in [4.69, 9.17) is 5.73 Å². The topological polar surface area (TPSA) is 47.1 Å². The molecule has 0 spiro atoms. The highest BCUT2D eigenvalue weighted by molar-refractivity contribution is 5.23. The van der Waals surface area contributed by atoms with Crippen molar-refractivity contribution < 1.29 is 0 Å². The van der Waals surface area contributed by atoms with E-state index >= 15 is 0 Å². The maximum atomic E-state index is 5.60. The van der Waals surface area contributed by atoms with Gasteiger partial charge < -0.3 is 10.6 Å². The maximum Gasteiger partial charge on any atom is 0.145 e. The summed E-state index contributed by atoms with van der Waals surface area (Å²) in [4.78, 5) is 2.53. The molecule has 0 atom stereocenters. The molecule has 0 saturated heterocycles. The van der Waals surface area contributed by atoms with Gasteiger partial charge in [0.1, 0.15) is 5.82 Å². The second kappa shape index (κ2) is 6.23. The van der Waals surface area contributed by atoms with Crippen molar-refractivity contribution in [1.82, 2.24) is 14.7 Å². The standard InChI is InChI=1S/C14H26N4/c1-12-4-6-13(7-5-12)17(2)9-3-10-18-11-8-14(15)16-18/h8,11-13H,3-7,9-10H2,1-2H3,(H2,15,16). The zero-order chi connectivity index (χ0) is 13.0. The van der Waals surface area contributed by atoms with Crippen LogP contribution < -0.4 is 5.73 Å². The lowest BCUT2D eigenvalue weighted by Crippen LogP contribution is -2.35. The van der Waals surface area contributed by atoms with Gasteiger partial charge in [-0.3, -0.25) is 4.68 Å². The molecule has 0 amide bonds. The number of hydrogen-bond donors (Lipinski definition) is 1. The molecule has 18 heavy (non-hydrogen) atoms. The van der Waals surface area contributed by atoms with E-state index in [-0.39, 0.29) is 0 Å². The minimum atomic E-state index is 0.615. The Balaban J connectivity index is 1.67. The molecule has 2 N–H and O–H groups in total. The van der Waals surface area contributed by atoms with E-state index in [1.54, 1.807) is 0 Å². The van der Waals surface area contributed by atoms with Crippen LogP contribution in [-0.2, 0) is 6.54 Å². The van der Waals surface area contributed by atoms with Crippen molar-refractivity contribution in [2.24, 2.45) is 5.92 Å². The Labute approximate surface area is 110 Å². The number of nitrogens with zero attached hydrogens (tertiary/aromatic N) is 3. The van der Waals surface area contributed by atoms with Crippen LogP contribution in [0.2, 0.25) is 0 Å². The first-order valence-electron chi connectivity index (χ1n) is 7.14. The molecule has 0 unspecified atom stereocenters. The molecule has 1 aliphatic carbocycles. The average molecular weight is 250 g/mol. The first kappa shape index (κ1) is 13.4. The fraction of sp³-hybridized carbons (Fsp3) is 0.786. The predicted octanol–water partition coefficient (Wildman–Crippen LogP) is 2.37. The van der Waals surface area contributed by atoms with Crippen molar-refractivity contribution in [3.63, 3.8) is 0 Å². The summed E-state index contributed by atoms with van der Waals surface area (Å²) < 4.78 is 1.94. The number of anilines is 1. The highest BCUT2D eigenvalue weighted by atomic mass is 15.3. The summed E-state index contributed by atoms with van der Waals surface area (Å²) in [5, 5.41) is 4.21. The van der Waals surface area contributed by atoms with Gasteiger partial charge in [-0.1, -0.05) is 6.92 Å². The molecule has 1 aromatic rings. The van der Waals surface area contributed by atoms with Crippen LogP contribution in [0.1, 0.15) is 39.0 Å². The van der Waals surface area contributed by atoms with Crippen LogP contribution in [0.25, 0.3) is 0 Å². The predicted molar refractivity (Wildman–Crippen MR) is 75.3 cm³/mol. The fourth-order valence-electron chi connectivity index (χ4n) is 2.85. The van der Waals surface area contributed by atoms with Gasteiger partial charge in [0.15, 0.2) is 0 Å². The highest BCUT2D eigenvalue weighted by Gasteiger charge is 2.21. The molecule has 0 aliphatic heterocycles. The Hall–Kier alpha value is -1.03. The van der Waals surface area contributed by atoms with Crippen molar-refractivity contribution in [3.05, 3.63) is 12.3 Å². The minimum Gasteiger partial charge on any atom is -0.382 e. The summed E-state index contributed by atoms with van der Waals surface area (Å²) in [6.07, 6.45) is 8.62. The molecule has 1 fully saturated rings. The Morgan fingerprint density at radius 2 is 2.11 bits per heavy atom. The van der Waals surface area contributed by atoms with Gasteiger partial charge in [-0.05, 0) is 57.7 Å². The van der Waals surface area contributed by atoms with Gasteiger partial charge in [-0.25, -0.2) is 0 Å². The summed E-state index contributed by atoms with van der Waals surface area (Å²) in [7, 11) is 2.26. The van der Waals surface area contributed by atoms with Crippen molar-refractivity contribution in [1.29, 1.82) is 0 Å². The lowest BCUT2D eigenvalue weighted by molar-refractivity contribution is 0.166. The molecule has 2 rings (SSSR count). The van der Waals surface area contributed by atoms with Crippen LogP contribution in [0.4, 0.5) is 5.82 Å². The number of rotatable bonds is 5. The molecular formula is C14H26N4. The third kappa shape index (κ3) is 3.73. The number of aryl methyl sites for hydroxylation is 1. The normalized spacial score (nSPS) is 24.6. The van der Waals surface area contributed by atoms with Crippen LogP contribution in [0.3, 0.4) is 0 Å². The Bertz CT molecular complexity index is 352. The third-order valence-electron chi connectivity index (χ3n) is 4.17. The van der Waals surface area contributed by atoms with E-state index in [0.717, 1.165) is 31.5 Å². The SMILES string of the molecule is CC1CCC(N(C)CCCn2ccc(N)n2)CC1. The zero-order valence-electron chi connectivity index (χ0n) is 11.7. The summed E-state index contributed by atoms with van der Waals surface area (Å²) in [5.41, 5.74) is 5.60. The fourth-order valence-corrected chi connectivity index (χ4v) is 2.85. The summed E-state index contributed by atoms with van der Waals surface area (Å²) in [5.74, 6) is 1.55. The molecule has 1 aromatic heterocycles. The van der Waals surface area contributed by atoms with E-state index in [9.17, 15) is 0 Å². The summed E-state index contributed by atoms with van der Waals surface area (Å²) in [6.45, 7) is 4.49. The van der Waals surface area contributed by atoms with Crippen molar-refractivity contribution in [3.8, 4) is 0 Å². The summed E-state index contributed by atoms with van der Waals surface area (Å²) in [6, 6.07) is 2.65. The Morgan fingerprint density at radius 3 is 2.72 bits per heavy atom. The smallest absolute Gasteiger partial charge is 0.145 e. The van der Waals surface area contributed by atoms with Gasteiger partial charge in [0.2, 0.25) is 0 Å². The van der Waals surface area contributed by atoms with E-state index < -0.39 is 0 Å². The molecule has 4 nitrogen and oxygen atoms in total. The first-order valence-corrected chi connectivity index (χ1v) is 7.14. The minimum absolute atomic E-state index is 0.615. The highest BCUT2D eigenvalue weighted by Crippen LogP contribution is 2.26. The Kier molecular flexibility index (Phi) is 4.64. The van der Waals surface area contributed by atoms with Gasteiger partial charge in [-0.2, -0.15) is 5.10 Å². The quantitative estimate of drug-likeness (QED) is 0.872. The van der Waals surface area contributed by atoms with Crippen molar-refractivity contribution in [2.45, 2.75) is 51.6 Å². The molecule has 1 aliphatic rings. The van der Waals surface area contributed by atoms with Crippen molar-refractivity contribution in [2.75, 3.05) is 19.3 Å². The molecule has 4 heteroatoms. The van der Waals surface area contributed by atoms with Gasteiger partial charge in [0, 0.05) is 18.8 Å². The molecule has 102 valence electrons. The Morgan fingerprint density at radius 1 is 1.39 bits per heavy atom. The molecule has 0 bridgehead atoms. The summed E-state index contributed by atoms with van der Waals surface area (Å²) >= 11 is 0. The molecular weight excluding hydrogens is 224 g/mol. The van der Waals surface area contributed by atoms with E-state index in [1.165, 1.54) is 25.7 Å². The molecule has 1 saturated carbocycles. The molecule has 0 aromatic carbocycles. The van der Waals surface area contributed by atoms with E-state index in [2.05, 4.69) is 24.0 Å². The maximum absolute atomic E-state index is 5.60. The van der Waals surface area contributed by atoms with Crippen LogP contribution in [0.5, 0.6) is 0 Å². The van der Waals surface area contributed by atoms with Gasteiger partial charge in [0.05, 0.1) is 0 Å². The largest absolute Gasteiger partial charge is 0.382 e. The number of hydrogen-bond acceptors (Lipinski definition) is 3. The van der Waals surface area contributed by atoms with Crippen LogP contribution in [0.15, 0.2) is 12.3 Å². The van der Waals surface area contributed by atoms with E-state index in [0.29, 0.717) is 5.82 Å². The number of nitrogen functional groups attached to an aromatic ring is 1. The van der Waals surface area contributed by atoms with Crippen molar-refractivity contribution >= 4 is 5.82 Å². The van der Waals surface area contributed by atoms with Gasteiger partial charge in [0.25, 0.3) is 0 Å². The van der Waals surface area contributed by atoms with Gasteiger partial charge >= 0.3 is 0 Å². The van der Waals surface area contributed by atoms with E-state index in [1.807, 2.05) is 16.9 Å². The lowest BCUT2D eigenvalue weighted by atomic mass is 9.87. The monoisotopic (exact) mass is 250 g/mol. The number of nitrogens with two attached hydrogens (primary N) is 1. The van der Waals surface area contributed by atoms with Crippen LogP contribution >= 0.6 is 0 Å². The molecule has 0 radical (unpaired) electrons. The molecule has 1 heterocycles.